The molecule has 0 spiro atoms. The Morgan fingerprint density at radius 3 is 2.79 bits per heavy atom. The molecule has 0 saturated carbocycles. The molecule has 100 valence electrons. The summed E-state index contributed by atoms with van der Waals surface area (Å²) in [4.78, 5) is 12.2. The third kappa shape index (κ3) is 2.96. The maximum Gasteiger partial charge on any atom is 0.273 e. The van der Waals surface area contributed by atoms with Crippen molar-refractivity contribution in [3.05, 3.63) is 47.3 Å². The average Bonchev–Trinajstić information content (AvgIpc) is 2.80. The number of aromatic nitrogens is 2. The lowest BCUT2D eigenvalue weighted by molar-refractivity contribution is 0.101. The molecule has 1 amide bonds. The minimum atomic E-state index is -0.174. The molecule has 2 aromatic rings. The van der Waals surface area contributed by atoms with Crippen molar-refractivity contribution < 1.29 is 4.79 Å². The van der Waals surface area contributed by atoms with Crippen LogP contribution in [0, 0.1) is 0 Å². The van der Waals surface area contributed by atoms with E-state index in [4.69, 9.17) is 11.6 Å². The van der Waals surface area contributed by atoms with Crippen LogP contribution in [0.2, 0.25) is 0 Å². The van der Waals surface area contributed by atoms with Crippen LogP contribution in [-0.4, -0.2) is 15.7 Å². The first kappa shape index (κ1) is 13.6. The van der Waals surface area contributed by atoms with Gasteiger partial charge in [0, 0.05) is 18.6 Å². The van der Waals surface area contributed by atoms with Gasteiger partial charge in [0.15, 0.2) is 0 Å². The lowest BCUT2D eigenvalue weighted by atomic mass is 10.2. The van der Waals surface area contributed by atoms with Crippen molar-refractivity contribution in [1.29, 1.82) is 0 Å². The lowest BCUT2D eigenvalue weighted by Gasteiger charge is -2.08. The second kappa shape index (κ2) is 5.89. The molecule has 0 unspecified atom stereocenters. The number of nitrogens with one attached hydrogen (secondary N) is 1. The lowest BCUT2D eigenvalue weighted by Crippen LogP contribution is -2.16. The molecule has 0 saturated heterocycles. The van der Waals surface area contributed by atoms with Gasteiger partial charge in [-0.25, -0.2) is 0 Å². The van der Waals surface area contributed by atoms with Crippen LogP contribution in [0.15, 0.2) is 30.3 Å². The summed E-state index contributed by atoms with van der Waals surface area (Å²) in [5.41, 5.74) is 3.08. The first-order chi connectivity index (χ1) is 9.15. The summed E-state index contributed by atoms with van der Waals surface area (Å²) in [6, 6.07) is 9.30. The number of carbonyl (C=O) groups excluding carboxylic acids is 1. The quantitative estimate of drug-likeness (QED) is 0.874. The fourth-order valence-electron chi connectivity index (χ4n) is 1.86. The molecule has 4 nitrogen and oxygen atoms in total. The molecule has 0 fully saturated rings. The molecule has 0 aliphatic rings. The zero-order chi connectivity index (χ0) is 13.8. The fraction of sp³-hybridized carbons (Fsp3) is 0.286. The number of hydrogen-bond acceptors (Lipinski definition) is 2. The highest BCUT2D eigenvalue weighted by atomic mass is 35.5. The predicted octanol–water partition coefficient (Wildman–Crippen LogP) is 2.97. The van der Waals surface area contributed by atoms with E-state index in [9.17, 15) is 4.79 Å². The molecule has 19 heavy (non-hydrogen) atoms. The van der Waals surface area contributed by atoms with Gasteiger partial charge in [0.25, 0.3) is 5.91 Å². The first-order valence-electron chi connectivity index (χ1n) is 6.13. The first-order valence-corrected chi connectivity index (χ1v) is 6.67. The standard InChI is InChI=1S/C14H16ClN3O/c1-3-11-8-13(18(2)17-11)14(19)16-12-7-5-4-6-10(12)9-15/h4-8H,3,9H2,1-2H3,(H,16,19). The van der Waals surface area contributed by atoms with Crippen LogP contribution in [0.4, 0.5) is 5.69 Å². The van der Waals surface area contributed by atoms with Crippen molar-refractivity contribution in [2.75, 3.05) is 5.32 Å². The zero-order valence-corrected chi connectivity index (χ0v) is 11.7. The molecule has 0 bridgehead atoms. The molecular formula is C14H16ClN3O. The largest absolute Gasteiger partial charge is 0.320 e. The van der Waals surface area contributed by atoms with Crippen LogP contribution in [0.25, 0.3) is 0 Å². The number of alkyl halides is 1. The second-order valence-electron chi connectivity index (χ2n) is 4.24. The maximum atomic E-state index is 12.2. The molecule has 5 heteroatoms. The van der Waals surface area contributed by atoms with Crippen molar-refractivity contribution in [2.45, 2.75) is 19.2 Å². The summed E-state index contributed by atoms with van der Waals surface area (Å²) in [6.45, 7) is 2.01. The number of hydrogen-bond donors (Lipinski definition) is 1. The predicted molar refractivity (Wildman–Crippen MR) is 76.5 cm³/mol. The smallest absolute Gasteiger partial charge is 0.273 e. The Hall–Kier alpha value is -1.81. The maximum absolute atomic E-state index is 12.2. The molecule has 1 heterocycles. The summed E-state index contributed by atoms with van der Waals surface area (Å²) in [7, 11) is 1.77. The third-order valence-electron chi connectivity index (χ3n) is 2.93. The van der Waals surface area contributed by atoms with Gasteiger partial charge in [-0.3, -0.25) is 9.48 Å². The molecule has 1 aromatic heterocycles. The van der Waals surface area contributed by atoms with Crippen LogP contribution in [0.3, 0.4) is 0 Å². The summed E-state index contributed by atoms with van der Waals surface area (Å²) >= 11 is 5.85. The molecular weight excluding hydrogens is 262 g/mol. The molecule has 0 atom stereocenters. The minimum absolute atomic E-state index is 0.174. The highest BCUT2D eigenvalue weighted by Crippen LogP contribution is 2.18. The number of nitrogens with zero attached hydrogens (tertiary/aromatic N) is 2. The highest BCUT2D eigenvalue weighted by molar-refractivity contribution is 6.17. The van der Waals surface area contributed by atoms with Crippen LogP contribution in [-0.2, 0) is 19.3 Å². The molecule has 1 N–H and O–H groups in total. The Morgan fingerprint density at radius 1 is 1.42 bits per heavy atom. The highest BCUT2D eigenvalue weighted by Gasteiger charge is 2.13. The molecule has 0 radical (unpaired) electrons. The number of carbonyl (C=O) groups is 1. The molecule has 1 aromatic carbocycles. The zero-order valence-electron chi connectivity index (χ0n) is 11.0. The number of para-hydroxylation sites is 1. The van der Waals surface area contributed by atoms with Crippen LogP contribution < -0.4 is 5.32 Å². The van der Waals surface area contributed by atoms with E-state index in [0.717, 1.165) is 23.4 Å². The van der Waals surface area contributed by atoms with Crippen molar-refractivity contribution in [2.24, 2.45) is 7.05 Å². The van der Waals surface area contributed by atoms with Crippen molar-refractivity contribution in [3.63, 3.8) is 0 Å². The molecule has 0 aliphatic heterocycles. The van der Waals surface area contributed by atoms with E-state index in [1.165, 1.54) is 0 Å². The third-order valence-corrected chi connectivity index (χ3v) is 3.22. The van der Waals surface area contributed by atoms with Crippen molar-refractivity contribution in [3.8, 4) is 0 Å². The van der Waals surface area contributed by atoms with Gasteiger partial charge in [0.2, 0.25) is 0 Å². The van der Waals surface area contributed by atoms with Gasteiger partial charge >= 0.3 is 0 Å². The van der Waals surface area contributed by atoms with Gasteiger partial charge in [0.05, 0.1) is 5.69 Å². The number of aryl methyl sites for hydroxylation is 2. The van der Waals surface area contributed by atoms with E-state index in [2.05, 4.69) is 10.4 Å². The van der Waals surface area contributed by atoms with E-state index in [1.54, 1.807) is 17.8 Å². The topological polar surface area (TPSA) is 46.9 Å². The number of halogens is 1. The summed E-state index contributed by atoms with van der Waals surface area (Å²) in [5, 5.41) is 7.14. The monoisotopic (exact) mass is 277 g/mol. The van der Waals surface area contributed by atoms with Gasteiger partial charge < -0.3 is 5.32 Å². The second-order valence-corrected chi connectivity index (χ2v) is 4.51. The Labute approximate surface area is 117 Å². The Bertz CT molecular complexity index is 592. The molecule has 0 aliphatic carbocycles. The van der Waals surface area contributed by atoms with Gasteiger partial charge in [-0.2, -0.15) is 5.10 Å². The van der Waals surface area contributed by atoms with Crippen molar-refractivity contribution in [1.82, 2.24) is 9.78 Å². The Balaban J connectivity index is 2.23. The van der Waals surface area contributed by atoms with Crippen LogP contribution >= 0.6 is 11.6 Å². The van der Waals surface area contributed by atoms with Crippen LogP contribution in [0.1, 0.15) is 28.7 Å². The number of rotatable bonds is 4. The van der Waals surface area contributed by atoms with Crippen LogP contribution in [0.5, 0.6) is 0 Å². The normalized spacial score (nSPS) is 10.5. The number of benzene rings is 1. The van der Waals surface area contributed by atoms with Gasteiger partial charge in [-0.1, -0.05) is 25.1 Å². The Morgan fingerprint density at radius 2 is 2.16 bits per heavy atom. The van der Waals surface area contributed by atoms with E-state index in [1.807, 2.05) is 31.2 Å². The Kier molecular flexibility index (Phi) is 4.22. The van der Waals surface area contributed by atoms with E-state index in [0.29, 0.717) is 11.6 Å². The average molecular weight is 278 g/mol. The van der Waals surface area contributed by atoms with Gasteiger partial charge in [0.1, 0.15) is 5.69 Å². The van der Waals surface area contributed by atoms with Gasteiger partial charge in [-0.05, 0) is 24.1 Å². The molecule has 2 rings (SSSR count). The summed E-state index contributed by atoms with van der Waals surface area (Å²) < 4.78 is 1.59. The summed E-state index contributed by atoms with van der Waals surface area (Å²) in [5.74, 6) is 0.189. The number of amides is 1. The van der Waals surface area contributed by atoms with E-state index < -0.39 is 0 Å². The fourth-order valence-corrected chi connectivity index (χ4v) is 2.09. The van der Waals surface area contributed by atoms with Gasteiger partial charge in [-0.15, -0.1) is 11.6 Å². The SMILES string of the molecule is CCc1cc(C(=O)Nc2ccccc2CCl)n(C)n1. The number of anilines is 1. The minimum Gasteiger partial charge on any atom is -0.320 e. The van der Waals surface area contributed by atoms with Crippen molar-refractivity contribution >= 4 is 23.2 Å². The van der Waals surface area contributed by atoms with E-state index in [-0.39, 0.29) is 5.91 Å². The van der Waals surface area contributed by atoms with E-state index >= 15 is 0 Å². The summed E-state index contributed by atoms with van der Waals surface area (Å²) in [6.07, 6.45) is 0.805.